The van der Waals surface area contributed by atoms with Gasteiger partial charge in [0.25, 0.3) is 0 Å². The second-order valence-electron chi connectivity index (χ2n) is 3.58. The molecule has 0 aromatic heterocycles. The van der Waals surface area contributed by atoms with E-state index in [9.17, 15) is 4.79 Å². The van der Waals surface area contributed by atoms with Gasteiger partial charge in [-0.25, -0.2) is 0 Å². The van der Waals surface area contributed by atoms with Crippen LogP contribution in [0.1, 0.15) is 29.3 Å². The lowest BCUT2D eigenvalue weighted by Crippen LogP contribution is -1.99. The number of aliphatic hydroxyl groups is 1. The summed E-state index contributed by atoms with van der Waals surface area (Å²) < 4.78 is 0. The van der Waals surface area contributed by atoms with Crippen molar-refractivity contribution in [2.24, 2.45) is 0 Å². The molecule has 0 bridgehead atoms. The van der Waals surface area contributed by atoms with Crippen LogP contribution >= 0.6 is 11.8 Å². The van der Waals surface area contributed by atoms with E-state index in [0.717, 1.165) is 18.3 Å². The number of hydrogen-bond acceptors (Lipinski definition) is 3. The van der Waals surface area contributed by atoms with Crippen LogP contribution in [0.5, 0.6) is 0 Å². The fourth-order valence-electron chi connectivity index (χ4n) is 1.34. The van der Waals surface area contributed by atoms with E-state index in [4.69, 9.17) is 5.11 Å². The van der Waals surface area contributed by atoms with Crippen molar-refractivity contribution in [3.63, 3.8) is 0 Å². The third-order valence-corrected chi connectivity index (χ3v) is 3.55. The Kier molecular flexibility index (Phi) is 4.85. The van der Waals surface area contributed by atoms with Gasteiger partial charge in [0.05, 0.1) is 0 Å². The molecule has 1 N–H and O–H groups in total. The molecule has 1 aromatic rings. The van der Waals surface area contributed by atoms with Crippen LogP contribution in [0.4, 0.5) is 0 Å². The van der Waals surface area contributed by atoms with Crippen molar-refractivity contribution in [2.45, 2.75) is 30.4 Å². The molecule has 0 aliphatic rings. The molecule has 0 heterocycles. The number of hydrogen-bond donors (Lipinski definition) is 1. The average Bonchev–Trinajstić information content (AvgIpc) is 2.21. The molecule has 0 aliphatic carbocycles. The summed E-state index contributed by atoms with van der Waals surface area (Å²) in [5.74, 6) is 0. The molecular weight excluding hydrogens is 208 g/mol. The standard InChI is InChI=1S/C12H16O2S/c1-9-7-11(8-14)3-4-12(9)15-10(2)5-6-13/h3-4,7-8,10,13H,5-6H2,1-2H3. The van der Waals surface area contributed by atoms with Gasteiger partial charge in [-0.1, -0.05) is 13.0 Å². The smallest absolute Gasteiger partial charge is 0.150 e. The molecule has 0 radical (unpaired) electrons. The van der Waals surface area contributed by atoms with Gasteiger partial charge in [0.15, 0.2) is 0 Å². The molecule has 0 aliphatic heterocycles. The quantitative estimate of drug-likeness (QED) is 0.617. The molecule has 0 saturated carbocycles. The molecule has 0 saturated heterocycles. The van der Waals surface area contributed by atoms with E-state index in [-0.39, 0.29) is 6.61 Å². The van der Waals surface area contributed by atoms with Crippen LogP contribution in [0.2, 0.25) is 0 Å². The van der Waals surface area contributed by atoms with E-state index in [0.29, 0.717) is 10.8 Å². The molecular formula is C12H16O2S. The summed E-state index contributed by atoms with van der Waals surface area (Å²) in [5.41, 5.74) is 1.83. The predicted octanol–water partition coefficient (Wildman–Crippen LogP) is 2.67. The Morgan fingerprint density at radius 3 is 2.80 bits per heavy atom. The maximum absolute atomic E-state index is 10.6. The second-order valence-corrected chi connectivity index (χ2v) is 5.06. The monoisotopic (exact) mass is 224 g/mol. The Labute approximate surface area is 94.7 Å². The summed E-state index contributed by atoms with van der Waals surface area (Å²) in [6.45, 7) is 4.31. The Morgan fingerprint density at radius 2 is 2.27 bits per heavy atom. The predicted molar refractivity (Wildman–Crippen MR) is 63.6 cm³/mol. The van der Waals surface area contributed by atoms with Gasteiger partial charge in [-0.2, -0.15) is 0 Å². The van der Waals surface area contributed by atoms with Gasteiger partial charge in [-0.05, 0) is 31.0 Å². The normalized spacial score (nSPS) is 12.5. The second kappa shape index (κ2) is 5.93. The summed E-state index contributed by atoms with van der Waals surface area (Å²) in [4.78, 5) is 11.7. The first-order chi connectivity index (χ1) is 7.17. The lowest BCUT2D eigenvalue weighted by Gasteiger charge is -2.11. The van der Waals surface area contributed by atoms with Crippen molar-refractivity contribution in [1.29, 1.82) is 0 Å². The summed E-state index contributed by atoms with van der Waals surface area (Å²) in [7, 11) is 0. The number of thioether (sulfide) groups is 1. The highest BCUT2D eigenvalue weighted by atomic mass is 32.2. The average molecular weight is 224 g/mol. The molecule has 2 nitrogen and oxygen atoms in total. The van der Waals surface area contributed by atoms with E-state index in [1.165, 1.54) is 4.90 Å². The minimum Gasteiger partial charge on any atom is -0.396 e. The molecule has 15 heavy (non-hydrogen) atoms. The highest BCUT2D eigenvalue weighted by Gasteiger charge is 2.06. The van der Waals surface area contributed by atoms with Crippen LogP contribution in [-0.2, 0) is 0 Å². The van der Waals surface area contributed by atoms with Crippen molar-refractivity contribution in [3.05, 3.63) is 29.3 Å². The largest absolute Gasteiger partial charge is 0.396 e. The maximum atomic E-state index is 10.6. The minimum absolute atomic E-state index is 0.222. The van der Waals surface area contributed by atoms with Crippen molar-refractivity contribution in [3.8, 4) is 0 Å². The molecule has 1 unspecified atom stereocenters. The van der Waals surface area contributed by atoms with Crippen LogP contribution in [0, 0.1) is 6.92 Å². The number of benzene rings is 1. The zero-order valence-corrected chi connectivity index (χ0v) is 9.88. The van der Waals surface area contributed by atoms with Crippen molar-refractivity contribution in [1.82, 2.24) is 0 Å². The summed E-state index contributed by atoms with van der Waals surface area (Å²) in [6, 6.07) is 5.69. The fraction of sp³-hybridized carbons (Fsp3) is 0.417. The first-order valence-electron chi connectivity index (χ1n) is 5.00. The molecule has 82 valence electrons. The number of aryl methyl sites for hydroxylation is 1. The third-order valence-electron chi connectivity index (χ3n) is 2.20. The van der Waals surface area contributed by atoms with Gasteiger partial charge in [-0.15, -0.1) is 11.8 Å². The Bertz CT molecular complexity index is 336. The van der Waals surface area contributed by atoms with E-state index in [1.54, 1.807) is 11.8 Å². The first kappa shape index (κ1) is 12.3. The Balaban J connectivity index is 2.73. The van der Waals surface area contributed by atoms with Crippen LogP contribution in [0.25, 0.3) is 0 Å². The number of rotatable bonds is 5. The number of aliphatic hydroxyl groups excluding tert-OH is 1. The number of carbonyl (C=O) groups is 1. The summed E-state index contributed by atoms with van der Waals surface area (Å²) in [5, 5.41) is 9.21. The molecule has 1 atom stereocenters. The lowest BCUT2D eigenvalue weighted by atomic mass is 10.2. The van der Waals surface area contributed by atoms with Crippen LogP contribution in [0.3, 0.4) is 0 Å². The fourth-order valence-corrected chi connectivity index (χ4v) is 2.38. The maximum Gasteiger partial charge on any atom is 0.150 e. The van der Waals surface area contributed by atoms with E-state index in [1.807, 2.05) is 25.1 Å². The zero-order valence-electron chi connectivity index (χ0n) is 9.06. The van der Waals surface area contributed by atoms with E-state index < -0.39 is 0 Å². The van der Waals surface area contributed by atoms with Gasteiger partial charge < -0.3 is 5.11 Å². The summed E-state index contributed by atoms with van der Waals surface area (Å²) >= 11 is 1.74. The molecule has 0 amide bonds. The van der Waals surface area contributed by atoms with Gasteiger partial charge in [0.1, 0.15) is 6.29 Å². The van der Waals surface area contributed by atoms with Crippen molar-refractivity contribution in [2.75, 3.05) is 6.61 Å². The Hall–Kier alpha value is -0.800. The molecule has 1 aromatic carbocycles. The van der Waals surface area contributed by atoms with Crippen molar-refractivity contribution < 1.29 is 9.90 Å². The van der Waals surface area contributed by atoms with Crippen LogP contribution in [-0.4, -0.2) is 23.2 Å². The molecule has 3 heteroatoms. The number of aldehydes is 1. The highest BCUT2D eigenvalue weighted by molar-refractivity contribution is 8.00. The SMILES string of the molecule is Cc1cc(C=O)ccc1SC(C)CCO. The zero-order chi connectivity index (χ0) is 11.3. The highest BCUT2D eigenvalue weighted by Crippen LogP contribution is 2.28. The number of carbonyl (C=O) groups excluding carboxylic acids is 1. The van der Waals surface area contributed by atoms with Crippen LogP contribution in [0.15, 0.2) is 23.1 Å². The summed E-state index contributed by atoms with van der Waals surface area (Å²) in [6.07, 6.45) is 1.65. The molecule has 0 fully saturated rings. The van der Waals surface area contributed by atoms with Gasteiger partial charge >= 0.3 is 0 Å². The lowest BCUT2D eigenvalue weighted by molar-refractivity contribution is 0.112. The first-order valence-corrected chi connectivity index (χ1v) is 5.88. The van der Waals surface area contributed by atoms with Gasteiger partial charge in [0, 0.05) is 22.3 Å². The minimum atomic E-state index is 0.222. The molecule has 1 rings (SSSR count). The van der Waals surface area contributed by atoms with Crippen molar-refractivity contribution >= 4 is 18.0 Å². The van der Waals surface area contributed by atoms with Gasteiger partial charge in [-0.3, -0.25) is 4.79 Å². The van der Waals surface area contributed by atoms with Crippen LogP contribution < -0.4 is 0 Å². The molecule has 0 spiro atoms. The Morgan fingerprint density at radius 1 is 1.53 bits per heavy atom. The third kappa shape index (κ3) is 3.68. The van der Waals surface area contributed by atoms with Gasteiger partial charge in [0.2, 0.25) is 0 Å². The van der Waals surface area contributed by atoms with E-state index in [2.05, 4.69) is 6.92 Å². The van der Waals surface area contributed by atoms with E-state index >= 15 is 0 Å². The topological polar surface area (TPSA) is 37.3 Å².